The van der Waals surface area contributed by atoms with Crippen LogP contribution in [-0.2, 0) is 28.6 Å². The summed E-state index contributed by atoms with van der Waals surface area (Å²) in [5.41, 5.74) is 0. The number of carbonyl (C=O) groups is 3. The molecule has 0 bridgehead atoms. The molecule has 5 N–H and O–H groups in total. The minimum Gasteiger partial charge on any atom is -0.391 e. The topological polar surface area (TPSA) is 164 Å². The van der Waals surface area contributed by atoms with Gasteiger partial charge in [0.25, 0.3) is 0 Å². The lowest BCUT2D eigenvalue weighted by atomic mass is 10.1. The minimum absolute atomic E-state index is 0.00149. The van der Waals surface area contributed by atoms with Crippen LogP contribution in [0.2, 0.25) is 0 Å². The van der Waals surface area contributed by atoms with Gasteiger partial charge in [0.2, 0.25) is 11.8 Å². The van der Waals surface area contributed by atoms with E-state index >= 15 is 0 Å². The van der Waals surface area contributed by atoms with Crippen LogP contribution in [0.25, 0.3) is 0 Å². The zero-order chi connectivity index (χ0) is 25.1. The highest BCUT2D eigenvalue weighted by Gasteiger charge is 2.16. The second-order valence-corrected chi connectivity index (χ2v) is 7.10. The number of nitrogens with one attached hydrogen (secondary N) is 2. The van der Waals surface area contributed by atoms with Gasteiger partial charge in [-0.1, -0.05) is 19.7 Å². The summed E-state index contributed by atoms with van der Waals surface area (Å²) in [5.74, 6) is -1.03. The molecular weight excluding hydrogens is 436 g/mol. The zero-order valence-corrected chi connectivity index (χ0v) is 18.8. The summed E-state index contributed by atoms with van der Waals surface area (Å²) in [6, 6.07) is 0. The summed E-state index contributed by atoms with van der Waals surface area (Å²) in [6.07, 6.45) is 0.253. The third kappa shape index (κ3) is 17.8. The molecule has 0 aromatic carbocycles. The summed E-state index contributed by atoms with van der Waals surface area (Å²) >= 11 is 0. The molecule has 4 unspecified atom stereocenters. The Bertz CT molecular complexity index is 591. The standard InChI is InChI=1S/C22H36N2O9/c1-4-16(25)7-8-17(26)11-31-14-20(33-13-19(28)10-24-22(30)6-3)15-32-12-18(27)9-23-21(29)5-2/h4-6,17-20,26-28H,1-3,7-15H2,(H,23,29)(H,24,30). The Hall–Kier alpha value is -2.41. The number of ether oxygens (including phenoxy) is 3. The van der Waals surface area contributed by atoms with Crippen LogP contribution in [0.15, 0.2) is 38.0 Å². The number of aliphatic hydroxyl groups is 3. The van der Waals surface area contributed by atoms with Crippen LogP contribution in [0.1, 0.15) is 12.8 Å². The molecular formula is C22H36N2O9. The number of rotatable bonds is 21. The van der Waals surface area contributed by atoms with Crippen molar-refractivity contribution in [2.24, 2.45) is 0 Å². The molecule has 2 amide bonds. The summed E-state index contributed by atoms with van der Waals surface area (Å²) in [7, 11) is 0. The Morgan fingerprint density at radius 2 is 1.21 bits per heavy atom. The Morgan fingerprint density at radius 3 is 1.70 bits per heavy atom. The lowest BCUT2D eigenvalue weighted by molar-refractivity contribution is -0.119. The maximum Gasteiger partial charge on any atom is 0.243 e. The van der Waals surface area contributed by atoms with Crippen molar-refractivity contribution in [2.45, 2.75) is 37.3 Å². The molecule has 0 fully saturated rings. The quantitative estimate of drug-likeness (QED) is 0.127. The van der Waals surface area contributed by atoms with Gasteiger partial charge in [0.1, 0.15) is 6.10 Å². The molecule has 0 rings (SSSR count). The van der Waals surface area contributed by atoms with Crippen molar-refractivity contribution in [3.8, 4) is 0 Å². The number of amides is 2. The first-order chi connectivity index (χ1) is 15.7. The maximum atomic E-state index is 11.2. The van der Waals surface area contributed by atoms with Crippen molar-refractivity contribution >= 4 is 17.6 Å². The van der Waals surface area contributed by atoms with E-state index in [1.54, 1.807) is 0 Å². The summed E-state index contributed by atoms with van der Waals surface area (Å²) < 4.78 is 16.4. The smallest absolute Gasteiger partial charge is 0.243 e. The van der Waals surface area contributed by atoms with E-state index < -0.39 is 36.2 Å². The van der Waals surface area contributed by atoms with Gasteiger partial charge < -0.3 is 40.2 Å². The first-order valence-corrected chi connectivity index (χ1v) is 10.5. The molecule has 0 aliphatic rings. The van der Waals surface area contributed by atoms with Crippen LogP contribution >= 0.6 is 0 Å². The fourth-order valence-electron chi connectivity index (χ4n) is 2.26. The second kappa shape index (κ2) is 19.1. The van der Waals surface area contributed by atoms with E-state index in [0.717, 1.165) is 12.2 Å². The molecule has 11 heteroatoms. The van der Waals surface area contributed by atoms with Crippen molar-refractivity contribution in [3.63, 3.8) is 0 Å². The van der Waals surface area contributed by atoms with Gasteiger partial charge in [-0.05, 0) is 24.6 Å². The number of hydrogen-bond acceptors (Lipinski definition) is 9. The van der Waals surface area contributed by atoms with Gasteiger partial charge in [-0.15, -0.1) is 0 Å². The SMILES string of the molecule is C=CC(=O)CCC(O)COCC(COCC(O)CNC(=O)C=C)OCC(O)CNC(=O)C=C. The first-order valence-electron chi connectivity index (χ1n) is 10.5. The third-order valence-electron chi connectivity index (χ3n) is 4.10. The van der Waals surface area contributed by atoms with E-state index in [1.165, 1.54) is 6.08 Å². The molecule has 0 saturated carbocycles. The highest BCUT2D eigenvalue weighted by molar-refractivity contribution is 5.89. The average molecular weight is 473 g/mol. The van der Waals surface area contributed by atoms with E-state index in [1.807, 2.05) is 0 Å². The monoisotopic (exact) mass is 472 g/mol. The number of ketones is 1. The molecule has 11 nitrogen and oxygen atoms in total. The van der Waals surface area contributed by atoms with E-state index in [-0.39, 0.29) is 64.7 Å². The molecule has 0 saturated heterocycles. The molecule has 0 aliphatic carbocycles. The van der Waals surface area contributed by atoms with Gasteiger partial charge in [-0.3, -0.25) is 14.4 Å². The number of hydrogen-bond donors (Lipinski definition) is 5. The van der Waals surface area contributed by atoms with E-state index in [2.05, 4.69) is 30.4 Å². The molecule has 0 aromatic heterocycles. The van der Waals surface area contributed by atoms with Crippen molar-refractivity contribution in [1.82, 2.24) is 10.6 Å². The normalized spacial score (nSPS) is 14.4. The van der Waals surface area contributed by atoms with Gasteiger partial charge >= 0.3 is 0 Å². The molecule has 0 radical (unpaired) electrons. The zero-order valence-electron chi connectivity index (χ0n) is 18.8. The Morgan fingerprint density at radius 1 is 0.727 bits per heavy atom. The predicted molar refractivity (Wildman–Crippen MR) is 120 cm³/mol. The van der Waals surface area contributed by atoms with Crippen LogP contribution in [0.3, 0.4) is 0 Å². The number of aliphatic hydroxyl groups excluding tert-OH is 3. The van der Waals surface area contributed by atoms with Crippen LogP contribution in [-0.4, -0.2) is 103 Å². The third-order valence-corrected chi connectivity index (χ3v) is 4.10. The van der Waals surface area contributed by atoms with Crippen molar-refractivity contribution in [3.05, 3.63) is 38.0 Å². The fourth-order valence-corrected chi connectivity index (χ4v) is 2.26. The van der Waals surface area contributed by atoms with Gasteiger partial charge in [0, 0.05) is 19.5 Å². The van der Waals surface area contributed by atoms with Crippen molar-refractivity contribution < 1.29 is 43.9 Å². The Kier molecular flexibility index (Phi) is 17.7. The molecule has 188 valence electrons. The van der Waals surface area contributed by atoms with Gasteiger partial charge in [0.05, 0.1) is 51.3 Å². The van der Waals surface area contributed by atoms with Crippen LogP contribution < -0.4 is 10.6 Å². The average Bonchev–Trinajstić information content (AvgIpc) is 2.81. The van der Waals surface area contributed by atoms with Gasteiger partial charge in [0.15, 0.2) is 5.78 Å². The molecule has 0 spiro atoms. The van der Waals surface area contributed by atoms with Crippen LogP contribution in [0.4, 0.5) is 0 Å². The predicted octanol–water partition coefficient (Wildman–Crippen LogP) is -1.37. The molecule has 0 aliphatic heterocycles. The Labute approximate surface area is 194 Å². The summed E-state index contributed by atoms with van der Waals surface area (Å²) in [4.78, 5) is 33.5. The van der Waals surface area contributed by atoms with Crippen molar-refractivity contribution in [2.75, 3.05) is 46.1 Å². The number of carbonyl (C=O) groups excluding carboxylic acids is 3. The molecule has 0 aromatic rings. The summed E-state index contributed by atoms with van der Waals surface area (Å²) in [5, 5.41) is 34.5. The largest absolute Gasteiger partial charge is 0.391 e. The van der Waals surface area contributed by atoms with E-state index in [0.29, 0.717) is 0 Å². The number of allylic oxidation sites excluding steroid dienone is 1. The molecule has 4 atom stereocenters. The molecule has 33 heavy (non-hydrogen) atoms. The Balaban J connectivity index is 4.49. The lowest BCUT2D eigenvalue weighted by Gasteiger charge is -2.22. The highest BCUT2D eigenvalue weighted by atomic mass is 16.6. The summed E-state index contributed by atoms with van der Waals surface area (Å²) in [6.45, 7) is 9.64. The minimum atomic E-state index is -0.994. The first kappa shape index (κ1) is 30.6. The van der Waals surface area contributed by atoms with E-state index in [9.17, 15) is 29.7 Å². The van der Waals surface area contributed by atoms with Gasteiger partial charge in [-0.2, -0.15) is 0 Å². The van der Waals surface area contributed by atoms with E-state index in [4.69, 9.17) is 14.2 Å². The highest BCUT2D eigenvalue weighted by Crippen LogP contribution is 2.03. The van der Waals surface area contributed by atoms with Gasteiger partial charge in [-0.25, -0.2) is 0 Å². The maximum absolute atomic E-state index is 11.2. The fraction of sp³-hybridized carbons (Fsp3) is 0.591. The molecule has 0 heterocycles. The van der Waals surface area contributed by atoms with Crippen molar-refractivity contribution in [1.29, 1.82) is 0 Å². The lowest BCUT2D eigenvalue weighted by Crippen LogP contribution is -2.38. The second-order valence-electron chi connectivity index (χ2n) is 7.10. The van der Waals surface area contributed by atoms with Crippen LogP contribution in [0, 0.1) is 0 Å². The van der Waals surface area contributed by atoms with Crippen LogP contribution in [0.5, 0.6) is 0 Å².